The fourth-order valence-electron chi connectivity index (χ4n) is 2.68. The second-order valence-electron chi connectivity index (χ2n) is 6.97. The Morgan fingerprint density at radius 3 is 2.55 bits per heavy atom. The molecule has 22 heavy (non-hydrogen) atoms. The van der Waals surface area contributed by atoms with Crippen molar-refractivity contribution in [1.29, 1.82) is 0 Å². The van der Waals surface area contributed by atoms with Crippen molar-refractivity contribution >= 4 is 11.8 Å². The molecule has 0 unspecified atom stereocenters. The van der Waals surface area contributed by atoms with Gasteiger partial charge in [0.25, 0.3) is 0 Å². The summed E-state index contributed by atoms with van der Waals surface area (Å²) in [5.41, 5.74) is 6.17. The van der Waals surface area contributed by atoms with Crippen LogP contribution in [0.5, 0.6) is 0 Å². The van der Waals surface area contributed by atoms with E-state index in [0.717, 1.165) is 24.8 Å². The third kappa shape index (κ3) is 4.61. The Bertz CT molecular complexity index is 532. The largest absolute Gasteiger partial charge is 0.444 e. The summed E-state index contributed by atoms with van der Waals surface area (Å²) < 4.78 is 18.8. The number of hydrogen-bond donors (Lipinski definition) is 1. The van der Waals surface area contributed by atoms with E-state index >= 15 is 0 Å². The average molecular weight is 308 g/mol. The zero-order valence-electron chi connectivity index (χ0n) is 13.6. The maximum Gasteiger partial charge on any atom is 0.410 e. The summed E-state index contributed by atoms with van der Waals surface area (Å²) in [5, 5.41) is 0. The molecular weight excluding hydrogens is 283 g/mol. The molecule has 1 aliphatic heterocycles. The van der Waals surface area contributed by atoms with Gasteiger partial charge in [-0.25, -0.2) is 9.18 Å². The molecule has 0 spiro atoms. The van der Waals surface area contributed by atoms with E-state index in [0.29, 0.717) is 19.0 Å². The van der Waals surface area contributed by atoms with Crippen LogP contribution in [0, 0.1) is 11.7 Å². The van der Waals surface area contributed by atoms with Crippen molar-refractivity contribution in [2.75, 3.05) is 18.8 Å². The second kappa shape index (κ2) is 6.55. The molecule has 1 amide bonds. The van der Waals surface area contributed by atoms with Gasteiger partial charge in [-0.3, -0.25) is 0 Å². The van der Waals surface area contributed by atoms with Gasteiger partial charge < -0.3 is 15.4 Å². The number of rotatable bonds is 2. The maximum absolute atomic E-state index is 13.5. The molecule has 0 atom stereocenters. The van der Waals surface area contributed by atoms with E-state index in [1.807, 2.05) is 26.8 Å². The molecule has 4 nitrogen and oxygen atoms in total. The van der Waals surface area contributed by atoms with Gasteiger partial charge in [0.05, 0.1) is 5.69 Å². The van der Waals surface area contributed by atoms with E-state index < -0.39 is 5.60 Å². The van der Waals surface area contributed by atoms with Crippen LogP contribution in [0.3, 0.4) is 0 Å². The highest BCUT2D eigenvalue weighted by Gasteiger charge is 2.26. The van der Waals surface area contributed by atoms with Crippen molar-refractivity contribution < 1.29 is 13.9 Å². The second-order valence-corrected chi connectivity index (χ2v) is 6.97. The van der Waals surface area contributed by atoms with Gasteiger partial charge in [-0.2, -0.15) is 0 Å². The number of halogens is 1. The SMILES string of the molecule is CC(C)(C)OC(=O)N1CCC(Cc2ccc(N)c(F)c2)CC1. The number of amides is 1. The van der Waals surface area contributed by atoms with E-state index in [1.54, 1.807) is 11.0 Å². The Balaban J connectivity index is 1.84. The van der Waals surface area contributed by atoms with E-state index in [1.165, 1.54) is 6.07 Å². The molecule has 122 valence electrons. The highest BCUT2D eigenvalue weighted by molar-refractivity contribution is 5.68. The first-order valence-electron chi connectivity index (χ1n) is 7.76. The Labute approximate surface area is 131 Å². The smallest absolute Gasteiger partial charge is 0.410 e. The van der Waals surface area contributed by atoms with Crippen molar-refractivity contribution in [3.63, 3.8) is 0 Å². The summed E-state index contributed by atoms with van der Waals surface area (Å²) in [7, 11) is 0. The zero-order valence-corrected chi connectivity index (χ0v) is 13.6. The minimum atomic E-state index is -0.463. The topological polar surface area (TPSA) is 55.6 Å². The molecular formula is C17H25FN2O2. The molecule has 2 rings (SSSR count). The fourth-order valence-corrected chi connectivity index (χ4v) is 2.68. The van der Waals surface area contributed by atoms with Gasteiger partial charge >= 0.3 is 6.09 Å². The molecule has 1 saturated heterocycles. The number of ether oxygens (including phenoxy) is 1. The molecule has 1 aromatic carbocycles. The Morgan fingerprint density at radius 1 is 1.36 bits per heavy atom. The summed E-state index contributed by atoms with van der Waals surface area (Å²) in [6, 6.07) is 4.99. The minimum absolute atomic E-state index is 0.184. The summed E-state index contributed by atoms with van der Waals surface area (Å²) in [5.74, 6) is 0.102. The van der Waals surface area contributed by atoms with Crippen LogP contribution < -0.4 is 5.73 Å². The van der Waals surface area contributed by atoms with Crippen LogP contribution in [0.1, 0.15) is 39.2 Å². The Kier molecular flexibility index (Phi) is 4.94. The van der Waals surface area contributed by atoms with Gasteiger partial charge in [0, 0.05) is 13.1 Å². The van der Waals surface area contributed by atoms with Gasteiger partial charge in [-0.1, -0.05) is 6.07 Å². The first-order chi connectivity index (χ1) is 10.2. The third-order valence-corrected chi connectivity index (χ3v) is 3.86. The van der Waals surface area contributed by atoms with Crippen molar-refractivity contribution in [3.05, 3.63) is 29.6 Å². The first kappa shape index (κ1) is 16.6. The Hall–Kier alpha value is -1.78. The van der Waals surface area contributed by atoms with Crippen molar-refractivity contribution in [2.45, 2.75) is 45.6 Å². The van der Waals surface area contributed by atoms with Crippen LogP contribution in [-0.2, 0) is 11.2 Å². The van der Waals surface area contributed by atoms with Gasteiger partial charge in [0.1, 0.15) is 11.4 Å². The van der Waals surface area contributed by atoms with Crippen LogP contribution >= 0.6 is 0 Å². The van der Waals surface area contributed by atoms with Gasteiger partial charge in [-0.05, 0) is 63.6 Å². The number of likely N-dealkylation sites (tertiary alicyclic amines) is 1. The first-order valence-corrected chi connectivity index (χ1v) is 7.76. The Morgan fingerprint density at radius 2 is 2.00 bits per heavy atom. The molecule has 0 radical (unpaired) electrons. The van der Waals surface area contributed by atoms with Gasteiger partial charge in [-0.15, -0.1) is 0 Å². The molecule has 0 aromatic heterocycles. The van der Waals surface area contributed by atoms with E-state index in [-0.39, 0.29) is 17.6 Å². The maximum atomic E-state index is 13.5. The lowest BCUT2D eigenvalue weighted by atomic mass is 9.90. The monoisotopic (exact) mass is 308 g/mol. The number of anilines is 1. The number of nitrogens with two attached hydrogens (primary N) is 1. The van der Waals surface area contributed by atoms with Crippen molar-refractivity contribution in [2.24, 2.45) is 5.92 Å². The number of benzene rings is 1. The predicted molar refractivity (Wildman–Crippen MR) is 85.0 cm³/mol. The highest BCUT2D eigenvalue weighted by Crippen LogP contribution is 2.24. The summed E-state index contributed by atoms with van der Waals surface area (Å²) in [6.07, 6.45) is 2.39. The lowest BCUT2D eigenvalue weighted by molar-refractivity contribution is 0.0184. The number of carbonyl (C=O) groups excluding carboxylic acids is 1. The molecule has 1 fully saturated rings. The van der Waals surface area contributed by atoms with E-state index in [2.05, 4.69) is 0 Å². The van der Waals surface area contributed by atoms with E-state index in [4.69, 9.17) is 10.5 Å². The number of nitrogen functional groups attached to an aromatic ring is 1. The van der Waals surface area contributed by atoms with Crippen LogP contribution in [0.2, 0.25) is 0 Å². The van der Waals surface area contributed by atoms with Crippen LogP contribution in [0.4, 0.5) is 14.9 Å². The van der Waals surface area contributed by atoms with Crippen LogP contribution in [0.15, 0.2) is 18.2 Å². The van der Waals surface area contributed by atoms with Crippen LogP contribution in [-0.4, -0.2) is 29.7 Å². The molecule has 0 bridgehead atoms. The summed E-state index contributed by atoms with van der Waals surface area (Å²) in [4.78, 5) is 13.8. The molecule has 2 N–H and O–H groups in total. The zero-order chi connectivity index (χ0) is 16.3. The lowest BCUT2D eigenvalue weighted by Crippen LogP contribution is -2.42. The van der Waals surface area contributed by atoms with Gasteiger partial charge in [0.2, 0.25) is 0 Å². The lowest BCUT2D eigenvalue weighted by Gasteiger charge is -2.33. The molecule has 1 aliphatic rings. The number of carbonyl (C=O) groups is 1. The molecule has 1 aromatic rings. The number of hydrogen-bond acceptors (Lipinski definition) is 3. The van der Waals surface area contributed by atoms with E-state index in [9.17, 15) is 9.18 Å². The summed E-state index contributed by atoms with van der Waals surface area (Å²) >= 11 is 0. The molecule has 0 aliphatic carbocycles. The van der Waals surface area contributed by atoms with Crippen LogP contribution in [0.25, 0.3) is 0 Å². The predicted octanol–water partition coefficient (Wildman–Crippen LogP) is 3.60. The third-order valence-electron chi connectivity index (χ3n) is 3.86. The molecule has 0 saturated carbocycles. The van der Waals surface area contributed by atoms with Crippen molar-refractivity contribution in [3.8, 4) is 0 Å². The number of piperidine rings is 1. The average Bonchev–Trinajstić information content (AvgIpc) is 2.42. The number of nitrogens with zero attached hydrogens (tertiary/aromatic N) is 1. The fraction of sp³-hybridized carbons (Fsp3) is 0.588. The minimum Gasteiger partial charge on any atom is -0.444 e. The standard InChI is InChI=1S/C17H25FN2O2/c1-17(2,3)22-16(21)20-8-6-12(7-9-20)10-13-4-5-15(19)14(18)11-13/h4-5,11-12H,6-10,19H2,1-3H3. The normalized spacial score (nSPS) is 16.6. The molecule has 5 heteroatoms. The van der Waals surface area contributed by atoms with Crippen molar-refractivity contribution in [1.82, 2.24) is 4.90 Å². The quantitative estimate of drug-likeness (QED) is 0.849. The van der Waals surface area contributed by atoms with Gasteiger partial charge in [0.15, 0.2) is 0 Å². The highest BCUT2D eigenvalue weighted by atomic mass is 19.1. The molecule has 1 heterocycles. The summed E-state index contributed by atoms with van der Waals surface area (Å²) in [6.45, 7) is 6.99.